The molecular formula is C18H22FN3O3. The molecule has 0 aliphatic carbocycles. The lowest BCUT2D eigenvalue weighted by Gasteiger charge is -2.23. The third-order valence-electron chi connectivity index (χ3n) is 5.03. The first kappa shape index (κ1) is 16.6. The Kier molecular flexibility index (Phi) is 4.78. The SMILES string of the molecule is O[C@H]1C[C@H](c2ccc(F)cc2)N(Cc2noc(C3CCOCC3)n2)C1. The summed E-state index contributed by atoms with van der Waals surface area (Å²) in [6.45, 7) is 2.51. The monoisotopic (exact) mass is 347 g/mol. The maximum absolute atomic E-state index is 13.2. The van der Waals surface area contributed by atoms with Crippen LogP contribution in [0.2, 0.25) is 0 Å². The second-order valence-corrected chi connectivity index (χ2v) is 6.82. The van der Waals surface area contributed by atoms with Crippen LogP contribution < -0.4 is 0 Å². The average molecular weight is 347 g/mol. The summed E-state index contributed by atoms with van der Waals surface area (Å²) < 4.78 is 24.0. The van der Waals surface area contributed by atoms with Crippen LogP contribution in [0.15, 0.2) is 28.8 Å². The topological polar surface area (TPSA) is 71.6 Å². The Morgan fingerprint density at radius 2 is 1.96 bits per heavy atom. The lowest BCUT2D eigenvalue weighted by atomic mass is 10.0. The highest BCUT2D eigenvalue weighted by Gasteiger charge is 2.33. The number of likely N-dealkylation sites (tertiary alicyclic amines) is 1. The molecule has 2 aliphatic heterocycles. The van der Waals surface area contributed by atoms with E-state index in [2.05, 4.69) is 15.0 Å². The molecule has 2 atom stereocenters. The number of aliphatic hydroxyl groups excluding tert-OH is 1. The zero-order valence-electron chi connectivity index (χ0n) is 14.0. The van der Waals surface area contributed by atoms with E-state index < -0.39 is 6.10 Å². The minimum absolute atomic E-state index is 0.0284. The molecule has 0 spiro atoms. The Balaban J connectivity index is 1.47. The van der Waals surface area contributed by atoms with E-state index in [9.17, 15) is 9.50 Å². The number of hydrogen-bond acceptors (Lipinski definition) is 6. The van der Waals surface area contributed by atoms with Crippen molar-refractivity contribution in [1.82, 2.24) is 15.0 Å². The van der Waals surface area contributed by atoms with Gasteiger partial charge in [-0.25, -0.2) is 4.39 Å². The van der Waals surface area contributed by atoms with E-state index in [-0.39, 0.29) is 17.8 Å². The molecule has 1 aromatic carbocycles. The molecule has 1 N–H and O–H groups in total. The summed E-state index contributed by atoms with van der Waals surface area (Å²) >= 11 is 0. The molecule has 0 amide bonds. The van der Waals surface area contributed by atoms with Crippen LogP contribution in [0, 0.1) is 5.82 Å². The molecule has 4 rings (SSSR count). The molecule has 6 nitrogen and oxygen atoms in total. The first-order chi connectivity index (χ1) is 12.2. The van der Waals surface area contributed by atoms with Crippen molar-refractivity contribution in [3.05, 3.63) is 47.4 Å². The lowest BCUT2D eigenvalue weighted by molar-refractivity contribution is 0.0778. The molecule has 7 heteroatoms. The lowest BCUT2D eigenvalue weighted by Crippen LogP contribution is -2.25. The number of rotatable bonds is 4. The van der Waals surface area contributed by atoms with Gasteiger partial charge in [0.2, 0.25) is 5.89 Å². The van der Waals surface area contributed by atoms with Crippen molar-refractivity contribution in [2.24, 2.45) is 0 Å². The summed E-state index contributed by atoms with van der Waals surface area (Å²) in [7, 11) is 0. The van der Waals surface area contributed by atoms with Gasteiger partial charge in [-0.15, -0.1) is 0 Å². The van der Waals surface area contributed by atoms with E-state index in [1.54, 1.807) is 12.1 Å². The summed E-state index contributed by atoms with van der Waals surface area (Å²) in [5.41, 5.74) is 0.992. The Bertz CT molecular complexity index is 700. The third-order valence-corrected chi connectivity index (χ3v) is 5.03. The molecule has 2 saturated heterocycles. The van der Waals surface area contributed by atoms with Gasteiger partial charge < -0.3 is 14.4 Å². The highest BCUT2D eigenvalue weighted by atomic mass is 19.1. The standard InChI is InChI=1S/C18H22FN3O3/c19-14-3-1-12(2-4-14)16-9-15(23)10-22(16)11-17-20-18(25-21-17)13-5-7-24-8-6-13/h1-4,13,15-16,23H,5-11H2/t15-,16+/m0/s1. The van der Waals surface area contributed by atoms with E-state index in [1.165, 1.54) is 12.1 Å². The highest BCUT2D eigenvalue weighted by Crippen LogP contribution is 2.33. The highest BCUT2D eigenvalue weighted by molar-refractivity contribution is 5.21. The predicted octanol–water partition coefficient (Wildman–Crippen LogP) is 2.41. The predicted molar refractivity (Wildman–Crippen MR) is 87.3 cm³/mol. The van der Waals surface area contributed by atoms with Crippen molar-refractivity contribution in [2.75, 3.05) is 19.8 Å². The van der Waals surface area contributed by atoms with Gasteiger partial charge in [-0.3, -0.25) is 4.90 Å². The molecule has 1 aromatic heterocycles. The quantitative estimate of drug-likeness (QED) is 0.916. The van der Waals surface area contributed by atoms with Crippen LogP contribution in [0.5, 0.6) is 0 Å². The molecule has 25 heavy (non-hydrogen) atoms. The molecule has 134 valence electrons. The van der Waals surface area contributed by atoms with Crippen LogP contribution >= 0.6 is 0 Å². The zero-order valence-corrected chi connectivity index (χ0v) is 14.0. The average Bonchev–Trinajstić information content (AvgIpc) is 3.23. The van der Waals surface area contributed by atoms with Crippen LogP contribution in [-0.2, 0) is 11.3 Å². The van der Waals surface area contributed by atoms with Gasteiger partial charge in [0.05, 0.1) is 12.6 Å². The van der Waals surface area contributed by atoms with E-state index >= 15 is 0 Å². The van der Waals surface area contributed by atoms with Crippen molar-refractivity contribution in [2.45, 2.75) is 43.9 Å². The number of aromatic nitrogens is 2. The van der Waals surface area contributed by atoms with Gasteiger partial charge in [0.1, 0.15) is 5.82 Å². The van der Waals surface area contributed by atoms with Crippen LogP contribution in [0.4, 0.5) is 4.39 Å². The Hall–Kier alpha value is -1.83. The molecule has 0 bridgehead atoms. The third kappa shape index (κ3) is 3.73. The van der Waals surface area contributed by atoms with E-state index in [4.69, 9.17) is 9.26 Å². The molecule has 0 unspecified atom stereocenters. The minimum Gasteiger partial charge on any atom is -0.392 e. The van der Waals surface area contributed by atoms with Gasteiger partial charge in [0.25, 0.3) is 0 Å². The van der Waals surface area contributed by atoms with Crippen molar-refractivity contribution < 1.29 is 18.8 Å². The normalized spacial score (nSPS) is 25.5. The number of halogens is 1. The summed E-state index contributed by atoms with van der Waals surface area (Å²) in [6, 6.07) is 6.48. The van der Waals surface area contributed by atoms with Crippen molar-refractivity contribution in [3.63, 3.8) is 0 Å². The fraction of sp³-hybridized carbons (Fsp3) is 0.556. The maximum atomic E-state index is 13.2. The Labute approximate surface area is 145 Å². The van der Waals surface area contributed by atoms with Crippen LogP contribution in [-0.4, -0.2) is 46.0 Å². The zero-order chi connectivity index (χ0) is 17.2. The number of aliphatic hydroxyl groups is 1. The molecule has 3 heterocycles. The van der Waals surface area contributed by atoms with Gasteiger partial charge in [-0.05, 0) is 37.0 Å². The molecule has 2 aromatic rings. The summed E-state index contributed by atoms with van der Waals surface area (Å²) in [6.07, 6.45) is 2.03. The number of β-amino-alcohol motifs (C(OH)–C–C–N with tert-alkyl or cyclic N) is 1. The first-order valence-corrected chi connectivity index (χ1v) is 8.77. The Morgan fingerprint density at radius 3 is 2.72 bits per heavy atom. The van der Waals surface area contributed by atoms with Gasteiger partial charge in [-0.1, -0.05) is 17.3 Å². The largest absolute Gasteiger partial charge is 0.392 e. The fourth-order valence-corrected chi connectivity index (χ4v) is 3.71. The van der Waals surface area contributed by atoms with Gasteiger partial charge in [-0.2, -0.15) is 4.98 Å². The van der Waals surface area contributed by atoms with Crippen LogP contribution in [0.25, 0.3) is 0 Å². The summed E-state index contributed by atoms with van der Waals surface area (Å²) in [4.78, 5) is 6.67. The minimum atomic E-state index is -0.406. The van der Waals surface area contributed by atoms with Gasteiger partial charge in [0, 0.05) is 31.7 Å². The molecule has 2 fully saturated rings. The summed E-state index contributed by atoms with van der Waals surface area (Å²) in [5.74, 6) is 1.32. The van der Waals surface area contributed by atoms with Crippen molar-refractivity contribution in [3.8, 4) is 0 Å². The molecule has 2 aliphatic rings. The smallest absolute Gasteiger partial charge is 0.229 e. The second-order valence-electron chi connectivity index (χ2n) is 6.82. The van der Waals surface area contributed by atoms with E-state index in [1.807, 2.05) is 0 Å². The second kappa shape index (κ2) is 7.19. The first-order valence-electron chi connectivity index (χ1n) is 8.77. The fourth-order valence-electron chi connectivity index (χ4n) is 3.71. The number of nitrogens with zero attached hydrogens (tertiary/aromatic N) is 3. The Morgan fingerprint density at radius 1 is 1.20 bits per heavy atom. The molecule has 0 radical (unpaired) electrons. The summed E-state index contributed by atoms with van der Waals surface area (Å²) in [5, 5.41) is 14.2. The van der Waals surface area contributed by atoms with E-state index in [0.717, 1.165) is 31.6 Å². The van der Waals surface area contributed by atoms with Gasteiger partial charge in [0.15, 0.2) is 5.82 Å². The number of hydrogen-bond donors (Lipinski definition) is 1. The van der Waals surface area contributed by atoms with Crippen molar-refractivity contribution >= 4 is 0 Å². The molecular weight excluding hydrogens is 325 g/mol. The van der Waals surface area contributed by atoms with Crippen LogP contribution in [0.1, 0.15) is 48.5 Å². The number of ether oxygens (including phenoxy) is 1. The van der Waals surface area contributed by atoms with Crippen molar-refractivity contribution in [1.29, 1.82) is 0 Å². The molecule has 0 saturated carbocycles. The van der Waals surface area contributed by atoms with Crippen LogP contribution in [0.3, 0.4) is 0 Å². The maximum Gasteiger partial charge on any atom is 0.229 e. The van der Waals surface area contributed by atoms with Gasteiger partial charge >= 0.3 is 0 Å². The number of benzene rings is 1. The van der Waals surface area contributed by atoms with E-state index in [0.29, 0.717) is 31.2 Å².